The molecule has 0 spiro atoms. The number of nitrogens with one attached hydrogen (secondary N) is 1. The Morgan fingerprint density at radius 3 is 2.46 bits per heavy atom. The predicted octanol–water partition coefficient (Wildman–Crippen LogP) is 3.95. The molecule has 7 N–H and O–H groups in total. The number of urea groups is 1. The molecule has 0 aliphatic carbocycles. The highest BCUT2D eigenvalue weighted by molar-refractivity contribution is 5.89. The van der Waals surface area contributed by atoms with Gasteiger partial charge >= 0.3 is 12.1 Å². The van der Waals surface area contributed by atoms with Gasteiger partial charge in [0.05, 0.1) is 18.1 Å². The Hall–Kier alpha value is -3.89. The third-order valence-corrected chi connectivity index (χ3v) is 6.17. The van der Waals surface area contributed by atoms with Crippen molar-refractivity contribution in [1.82, 2.24) is 9.55 Å². The summed E-state index contributed by atoms with van der Waals surface area (Å²) in [5, 5.41) is 2.57. The fraction of sp³-hybridized carbons (Fsp3) is 0.370. The summed E-state index contributed by atoms with van der Waals surface area (Å²) in [4.78, 5) is 27.6. The van der Waals surface area contributed by atoms with Gasteiger partial charge in [0.1, 0.15) is 5.75 Å². The summed E-state index contributed by atoms with van der Waals surface area (Å²) >= 11 is 0. The van der Waals surface area contributed by atoms with E-state index in [-0.39, 0.29) is 18.4 Å². The summed E-state index contributed by atoms with van der Waals surface area (Å²) in [5.74, 6) is 0.282. The van der Waals surface area contributed by atoms with Gasteiger partial charge < -0.3 is 36.6 Å². The Balaban J connectivity index is 1.68. The van der Waals surface area contributed by atoms with Gasteiger partial charge in [0.15, 0.2) is 0 Å². The van der Waals surface area contributed by atoms with Crippen molar-refractivity contribution >= 4 is 17.8 Å². The van der Waals surface area contributed by atoms with Crippen LogP contribution in [-0.2, 0) is 30.7 Å². The number of hydrogen-bond acceptors (Lipinski definition) is 6. The zero-order chi connectivity index (χ0) is 26.8. The maximum Gasteiger partial charge on any atom is 0.409 e. The Morgan fingerprint density at radius 1 is 1.08 bits per heavy atom. The molecule has 37 heavy (non-hydrogen) atoms. The standard InChI is InChI=1S/C27H36N6O4/c1-3-19(15-20-21(16-28)22(32-26(29)34)11-12-24(20)37-27(30)35)36-14-8-13-33-17-31-25(23(33)4-2)18-9-6-5-7-10-18/h5-7,9-12,17,19H,3-4,8,13-16,28H2,1-2H3,(H2,30,35)(H3,29,32,34). The van der Waals surface area contributed by atoms with Crippen LogP contribution in [0.4, 0.5) is 15.3 Å². The molecular weight excluding hydrogens is 472 g/mol. The lowest BCUT2D eigenvalue weighted by Gasteiger charge is -2.22. The van der Waals surface area contributed by atoms with Crippen molar-refractivity contribution in [3.05, 3.63) is 65.6 Å². The molecule has 1 heterocycles. The molecule has 10 nitrogen and oxygen atoms in total. The number of carbonyl (C=O) groups is 2. The minimum absolute atomic E-state index is 0.0987. The van der Waals surface area contributed by atoms with E-state index in [2.05, 4.69) is 33.9 Å². The van der Waals surface area contributed by atoms with Gasteiger partial charge in [-0.15, -0.1) is 0 Å². The predicted molar refractivity (Wildman–Crippen MR) is 143 cm³/mol. The highest BCUT2D eigenvalue weighted by atomic mass is 16.5. The lowest BCUT2D eigenvalue weighted by Crippen LogP contribution is -2.24. The zero-order valence-corrected chi connectivity index (χ0v) is 21.4. The van der Waals surface area contributed by atoms with Crippen LogP contribution in [0.25, 0.3) is 11.3 Å². The number of aromatic nitrogens is 2. The van der Waals surface area contributed by atoms with E-state index in [1.807, 2.05) is 31.5 Å². The number of carbonyl (C=O) groups excluding carboxylic acids is 2. The molecule has 0 saturated carbocycles. The molecule has 3 amide bonds. The topological polar surface area (TPSA) is 161 Å². The van der Waals surface area contributed by atoms with Crippen molar-refractivity contribution in [1.29, 1.82) is 0 Å². The average Bonchev–Trinajstić information content (AvgIpc) is 3.30. The molecule has 0 saturated heterocycles. The molecule has 1 unspecified atom stereocenters. The number of amides is 3. The van der Waals surface area contributed by atoms with E-state index in [0.29, 0.717) is 29.8 Å². The summed E-state index contributed by atoms with van der Waals surface area (Å²) < 4.78 is 13.6. The van der Waals surface area contributed by atoms with Crippen molar-refractivity contribution in [2.75, 3.05) is 11.9 Å². The third kappa shape index (κ3) is 7.31. The van der Waals surface area contributed by atoms with Crippen LogP contribution in [0.3, 0.4) is 0 Å². The fourth-order valence-corrected chi connectivity index (χ4v) is 4.42. The molecule has 0 bridgehead atoms. The number of anilines is 1. The van der Waals surface area contributed by atoms with Crippen molar-refractivity contribution in [3.8, 4) is 17.0 Å². The van der Waals surface area contributed by atoms with E-state index in [1.54, 1.807) is 12.1 Å². The number of nitrogens with zero attached hydrogens (tertiary/aromatic N) is 2. The van der Waals surface area contributed by atoms with Crippen molar-refractivity contribution in [2.45, 2.75) is 58.7 Å². The van der Waals surface area contributed by atoms with Crippen LogP contribution in [0.5, 0.6) is 5.75 Å². The van der Waals surface area contributed by atoms with E-state index in [4.69, 9.17) is 26.7 Å². The zero-order valence-electron chi connectivity index (χ0n) is 21.4. The molecule has 0 aliphatic rings. The Bertz CT molecular complexity index is 1200. The Morgan fingerprint density at radius 2 is 1.84 bits per heavy atom. The van der Waals surface area contributed by atoms with Gasteiger partial charge in [0.25, 0.3) is 0 Å². The van der Waals surface area contributed by atoms with Gasteiger partial charge in [-0.25, -0.2) is 14.6 Å². The molecule has 1 atom stereocenters. The smallest absolute Gasteiger partial charge is 0.409 e. The van der Waals surface area contributed by atoms with Crippen LogP contribution in [0.15, 0.2) is 48.8 Å². The SMILES string of the molecule is CCc1c(-c2ccccc2)ncn1CCCOC(CC)Cc1c(OC(N)=O)ccc(NC(N)=O)c1CN. The number of aryl methyl sites for hydroxylation is 1. The van der Waals surface area contributed by atoms with Gasteiger partial charge in [0.2, 0.25) is 0 Å². The molecule has 0 radical (unpaired) electrons. The van der Waals surface area contributed by atoms with Crippen molar-refractivity contribution in [2.24, 2.45) is 17.2 Å². The Kier molecular flexibility index (Phi) is 10.0. The average molecular weight is 509 g/mol. The molecule has 198 valence electrons. The molecule has 3 rings (SSSR count). The molecule has 10 heteroatoms. The van der Waals surface area contributed by atoms with Crippen molar-refractivity contribution in [3.63, 3.8) is 0 Å². The number of hydrogen-bond donors (Lipinski definition) is 4. The van der Waals surface area contributed by atoms with Crippen molar-refractivity contribution < 1.29 is 19.1 Å². The summed E-state index contributed by atoms with van der Waals surface area (Å²) in [6.45, 7) is 5.56. The molecular formula is C27H36N6O4. The van der Waals surface area contributed by atoms with E-state index in [9.17, 15) is 9.59 Å². The first kappa shape index (κ1) is 27.7. The first-order chi connectivity index (χ1) is 17.9. The molecule has 2 aromatic carbocycles. The van der Waals surface area contributed by atoms with E-state index >= 15 is 0 Å². The van der Waals surface area contributed by atoms with E-state index < -0.39 is 12.1 Å². The lowest BCUT2D eigenvalue weighted by molar-refractivity contribution is 0.0471. The van der Waals surface area contributed by atoms with Crippen LogP contribution in [-0.4, -0.2) is 34.4 Å². The second-order valence-electron chi connectivity index (χ2n) is 8.59. The van der Waals surface area contributed by atoms with E-state index in [1.165, 1.54) is 5.69 Å². The summed E-state index contributed by atoms with van der Waals surface area (Å²) in [7, 11) is 0. The lowest BCUT2D eigenvalue weighted by atomic mass is 9.97. The van der Waals surface area contributed by atoms with Gasteiger partial charge in [-0.3, -0.25) is 0 Å². The highest BCUT2D eigenvalue weighted by Crippen LogP contribution is 2.31. The van der Waals surface area contributed by atoms with Gasteiger partial charge in [-0.05, 0) is 37.0 Å². The maximum atomic E-state index is 11.5. The van der Waals surface area contributed by atoms with Crippen LogP contribution in [0.1, 0.15) is 43.5 Å². The number of benzene rings is 2. The number of ether oxygens (including phenoxy) is 2. The minimum atomic E-state index is -0.935. The van der Waals surface area contributed by atoms with Gasteiger partial charge in [0, 0.05) is 48.6 Å². The molecule has 3 aromatic rings. The number of imidazole rings is 1. The summed E-state index contributed by atoms with van der Waals surface area (Å²) in [5.41, 5.74) is 21.6. The van der Waals surface area contributed by atoms with Crippen LogP contribution >= 0.6 is 0 Å². The molecule has 0 fully saturated rings. The monoisotopic (exact) mass is 508 g/mol. The first-order valence-corrected chi connectivity index (χ1v) is 12.5. The quantitative estimate of drug-likeness (QED) is 0.256. The van der Waals surface area contributed by atoms with Gasteiger partial charge in [-0.2, -0.15) is 0 Å². The second kappa shape index (κ2) is 13.4. The third-order valence-electron chi connectivity index (χ3n) is 6.17. The first-order valence-electron chi connectivity index (χ1n) is 12.5. The molecule has 1 aromatic heterocycles. The number of rotatable bonds is 13. The maximum absolute atomic E-state index is 11.5. The minimum Gasteiger partial charge on any atom is -0.410 e. The van der Waals surface area contributed by atoms with Crippen LogP contribution in [0.2, 0.25) is 0 Å². The van der Waals surface area contributed by atoms with Gasteiger partial charge in [-0.1, -0.05) is 44.2 Å². The molecule has 0 aliphatic heterocycles. The second-order valence-corrected chi connectivity index (χ2v) is 8.59. The van der Waals surface area contributed by atoms with Crippen LogP contribution < -0.4 is 27.3 Å². The summed E-state index contributed by atoms with van der Waals surface area (Å²) in [6.07, 6.45) is 3.60. The van der Waals surface area contributed by atoms with Crippen LogP contribution in [0, 0.1) is 0 Å². The summed E-state index contributed by atoms with van der Waals surface area (Å²) in [6, 6.07) is 12.6. The number of nitrogens with two attached hydrogens (primary N) is 3. The fourth-order valence-electron chi connectivity index (χ4n) is 4.42. The number of primary amides is 2. The highest BCUT2D eigenvalue weighted by Gasteiger charge is 2.20. The normalized spacial score (nSPS) is 11.8. The largest absolute Gasteiger partial charge is 0.410 e. The Labute approximate surface area is 217 Å². The van der Waals surface area contributed by atoms with E-state index in [0.717, 1.165) is 37.1 Å².